The molecule has 3 amide bonds. The Balaban J connectivity index is 1.41. The van der Waals surface area contributed by atoms with Gasteiger partial charge in [0.2, 0.25) is 0 Å². The normalized spacial score (nSPS) is 19.8. The van der Waals surface area contributed by atoms with Crippen LogP contribution < -0.4 is 15.5 Å². The maximum atomic E-state index is 12.8. The third kappa shape index (κ3) is 6.01. The van der Waals surface area contributed by atoms with E-state index in [1.165, 1.54) is 6.42 Å². The minimum atomic E-state index is -0.562. The molecule has 1 saturated carbocycles. The molecule has 3 aliphatic rings. The smallest absolute Gasteiger partial charge is 0.410 e. The molecular weight excluding hydrogens is 484 g/mol. The summed E-state index contributed by atoms with van der Waals surface area (Å²) in [5.41, 5.74) is 2.90. The first-order valence-corrected chi connectivity index (χ1v) is 13.6. The fourth-order valence-electron chi connectivity index (χ4n) is 4.91. The third-order valence-corrected chi connectivity index (χ3v) is 7.18. The Morgan fingerprint density at radius 1 is 1.11 bits per heavy atom. The van der Waals surface area contributed by atoms with Gasteiger partial charge in [0.1, 0.15) is 11.4 Å². The van der Waals surface area contributed by atoms with Crippen LogP contribution in [0.15, 0.2) is 24.3 Å². The molecule has 2 N–H and O–H groups in total. The van der Waals surface area contributed by atoms with Gasteiger partial charge in [0.25, 0.3) is 0 Å². The topological polar surface area (TPSA) is 109 Å². The van der Waals surface area contributed by atoms with Gasteiger partial charge in [0.15, 0.2) is 5.82 Å². The molecule has 2 aliphatic heterocycles. The van der Waals surface area contributed by atoms with Gasteiger partial charge in [-0.25, -0.2) is 19.6 Å². The van der Waals surface area contributed by atoms with Gasteiger partial charge in [-0.15, -0.1) is 0 Å². The van der Waals surface area contributed by atoms with Gasteiger partial charge in [-0.1, -0.05) is 0 Å². The second-order valence-electron chi connectivity index (χ2n) is 11.4. The van der Waals surface area contributed by atoms with Crippen LogP contribution in [-0.4, -0.2) is 71.0 Å². The van der Waals surface area contributed by atoms with Crippen molar-refractivity contribution in [3.63, 3.8) is 0 Å². The first-order chi connectivity index (χ1) is 18.2. The first kappa shape index (κ1) is 26.2. The summed E-state index contributed by atoms with van der Waals surface area (Å²) in [6.07, 6.45) is 3.57. The van der Waals surface area contributed by atoms with Gasteiger partial charge in [0.05, 0.1) is 31.5 Å². The molecule has 0 bridgehead atoms. The second-order valence-corrected chi connectivity index (χ2v) is 11.4. The number of benzene rings is 1. The number of ether oxygens (including phenoxy) is 2. The molecule has 10 heteroatoms. The molecule has 1 saturated heterocycles. The Kier molecular flexibility index (Phi) is 7.43. The minimum absolute atomic E-state index is 0.181. The number of nitrogens with one attached hydrogen (secondary N) is 2. The van der Waals surface area contributed by atoms with E-state index in [0.29, 0.717) is 44.2 Å². The van der Waals surface area contributed by atoms with Crippen LogP contribution in [0.3, 0.4) is 0 Å². The largest absolute Gasteiger partial charge is 0.444 e. The van der Waals surface area contributed by atoms with Crippen LogP contribution in [0, 0.1) is 0 Å². The summed E-state index contributed by atoms with van der Waals surface area (Å²) >= 11 is 0. The summed E-state index contributed by atoms with van der Waals surface area (Å²) in [4.78, 5) is 39.0. The Bertz CT molecular complexity index is 1180. The number of urea groups is 1. The second kappa shape index (κ2) is 10.8. The van der Waals surface area contributed by atoms with Gasteiger partial charge in [-0.2, -0.15) is 0 Å². The summed E-state index contributed by atoms with van der Waals surface area (Å²) in [7, 11) is 0. The minimum Gasteiger partial charge on any atom is -0.444 e. The van der Waals surface area contributed by atoms with Crippen molar-refractivity contribution in [2.24, 2.45) is 0 Å². The molecule has 1 aromatic carbocycles. The van der Waals surface area contributed by atoms with Gasteiger partial charge < -0.3 is 29.9 Å². The number of anilines is 2. The molecule has 38 heavy (non-hydrogen) atoms. The van der Waals surface area contributed by atoms with E-state index in [-0.39, 0.29) is 24.2 Å². The molecule has 1 aromatic heterocycles. The van der Waals surface area contributed by atoms with Gasteiger partial charge in [-0.3, -0.25) is 0 Å². The van der Waals surface area contributed by atoms with Crippen molar-refractivity contribution in [1.82, 2.24) is 20.2 Å². The van der Waals surface area contributed by atoms with E-state index in [0.717, 1.165) is 42.0 Å². The van der Waals surface area contributed by atoms with Crippen LogP contribution in [0.1, 0.15) is 58.2 Å². The maximum Gasteiger partial charge on any atom is 0.410 e. The molecule has 0 radical (unpaired) electrons. The zero-order valence-electron chi connectivity index (χ0n) is 22.7. The van der Waals surface area contributed by atoms with Crippen molar-refractivity contribution >= 4 is 23.6 Å². The lowest BCUT2D eigenvalue weighted by Crippen LogP contribution is -2.46. The molecular formula is C28H38N6O4. The summed E-state index contributed by atoms with van der Waals surface area (Å²) in [6.45, 7) is 10.7. The molecule has 0 spiro atoms. The number of rotatable bonds is 4. The Morgan fingerprint density at radius 3 is 2.53 bits per heavy atom. The Hall–Kier alpha value is -3.40. The zero-order chi connectivity index (χ0) is 26.9. The lowest BCUT2D eigenvalue weighted by atomic mass is 9.93. The summed E-state index contributed by atoms with van der Waals surface area (Å²) in [5.74, 6) is 1.50. The number of carbonyl (C=O) groups excluding carboxylic acids is 2. The number of amides is 3. The lowest BCUT2D eigenvalue weighted by molar-refractivity contribution is 0.0220. The third-order valence-electron chi connectivity index (χ3n) is 7.18. The van der Waals surface area contributed by atoms with Crippen LogP contribution in [0.2, 0.25) is 0 Å². The summed E-state index contributed by atoms with van der Waals surface area (Å²) in [6, 6.07) is 7.84. The Morgan fingerprint density at radius 2 is 1.87 bits per heavy atom. The van der Waals surface area contributed by atoms with E-state index in [9.17, 15) is 9.59 Å². The standard InChI is InChI=1S/C28H38N6O4/c1-18-17-37-15-14-34(18)25-22-12-13-33(27(36)38-28(2,3)4)16-23(22)31-24(32-25)19-8-10-21(11-9-19)30-26(35)29-20-6-5-7-20/h8-11,18,20H,5-7,12-17H2,1-4H3,(H2,29,30,35)/t18-/m0/s1. The zero-order valence-corrected chi connectivity index (χ0v) is 22.7. The highest BCUT2D eigenvalue weighted by molar-refractivity contribution is 5.89. The fourth-order valence-corrected chi connectivity index (χ4v) is 4.91. The van der Waals surface area contributed by atoms with E-state index < -0.39 is 5.60 Å². The van der Waals surface area contributed by atoms with E-state index >= 15 is 0 Å². The van der Waals surface area contributed by atoms with E-state index in [4.69, 9.17) is 19.4 Å². The first-order valence-electron chi connectivity index (χ1n) is 13.6. The van der Waals surface area contributed by atoms with Crippen LogP contribution >= 0.6 is 0 Å². The summed E-state index contributed by atoms with van der Waals surface area (Å²) in [5, 5.41) is 5.89. The highest BCUT2D eigenvalue weighted by Gasteiger charge is 2.32. The number of morpholine rings is 1. The maximum absolute atomic E-state index is 12.8. The van der Waals surface area contributed by atoms with Gasteiger partial charge in [-0.05, 0) is 77.6 Å². The van der Waals surface area contributed by atoms with E-state index in [1.54, 1.807) is 4.90 Å². The number of aromatic nitrogens is 2. The highest BCUT2D eigenvalue weighted by Crippen LogP contribution is 2.32. The van der Waals surface area contributed by atoms with Crippen LogP contribution in [-0.2, 0) is 22.4 Å². The molecule has 1 atom stereocenters. The SMILES string of the molecule is C[C@H]1COCCN1c1nc(-c2ccc(NC(=O)NC3CCC3)cc2)nc2c1CCN(C(=O)OC(C)(C)C)C2. The average molecular weight is 523 g/mol. The fraction of sp³-hybridized carbons (Fsp3) is 0.571. The summed E-state index contributed by atoms with van der Waals surface area (Å²) < 4.78 is 11.3. The van der Waals surface area contributed by atoms with E-state index in [2.05, 4.69) is 22.5 Å². The predicted octanol–water partition coefficient (Wildman–Crippen LogP) is 4.34. The van der Waals surface area contributed by atoms with Crippen LogP contribution in [0.5, 0.6) is 0 Å². The molecule has 2 fully saturated rings. The van der Waals surface area contributed by atoms with Crippen molar-refractivity contribution in [1.29, 1.82) is 0 Å². The van der Waals surface area contributed by atoms with Crippen LogP contribution in [0.25, 0.3) is 11.4 Å². The molecule has 10 nitrogen and oxygen atoms in total. The molecule has 1 aliphatic carbocycles. The Labute approximate surface area is 224 Å². The number of hydrogen-bond acceptors (Lipinski definition) is 7. The number of nitrogens with zero attached hydrogens (tertiary/aromatic N) is 4. The molecule has 2 aromatic rings. The highest BCUT2D eigenvalue weighted by atomic mass is 16.6. The average Bonchev–Trinajstić information content (AvgIpc) is 2.85. The van der Waals surface area contributed by atoms with Gasteiger partial charge in [0, 0.05) is 35.9 Å². The van der Waals surface area contributed by atoms with E-state index in [1.807, 2.05) is 45.0 Å². The number of fused-ring (bicyclic) bond motifs is 1. The molecule has 3 heterocycles. The van der Waals surface area contributed by atoms with Gasteiger partial charge >= 0.3 is 12.1 Å². The van der Waals surface area contributed by atoms with Crippen molar-refractivity contribution in [3.05, 3.63) is 35.5 Å². The lowest BCUT2D eigenvalue weighted by Gasteiger charge is -2.38. The van der Waals surface area contributed by atoms with Crippen molar-refractivity contribution in [2.45, 2.75) is 77.6 Å². The van der Waals surface area contributed by atoms with Crippen molar-refractivity contribution < 1.29 is 19.1 Å². The molecule has 0 unspecified atom stereocenters. The molecule has 204 valence electrons. The molecule has 5 rings (SSSR count). The number of hydrogen-bond donors (Lipinski definition) is 2. The number of carbonyl (C=O) groups is 2. The van der Waals surface area contributed by atoms with Crippen molar-refractivity contribution in [2.75, 3.05) is 36.5 Å². The predicted molar refractivity (Wildman–Crippen MR) is 145 cm³/mol. The van der Waals surface area contributed by atoms with Crippen molar-refractivity contribution in [3.8, 4) is 11.4 Å². The van der Waals surface area contributed by atoms with Crippen LogP contribution in [0.4, 0.5) is 21.1 Å². The quantitative estimate of drug-likeness (QED) is 0.615. The monoisotopic (exact) mass is 522 g/mol.